The van der Waals surface area contributed by atoms with Gasteiger partial charge in [-0.25, -0.2) is 0 Å². The monoisotopic (exact) mass is 301 g/mol. The van der Waals surface area contributed by atoms with Crippen molar-refractivity contribution >= 4 is 17.7 Å². The highest BCUT2D eigenvalue weighted by Crippen LogP contribution is 2.10. The Bertz CT molecular complexity index is 209. The van der Waals surface area contributed by atoms with Crippen molar-refractivity contribution in [3.8, 4) is 0 Å². The van der Waals surface area contributed by atoms with E-state index >= 15 is 0 Å². The number of amides is 1. The lowest BCUT2D eigenvalue weighted by Crippen LogP contribution is -2.24. The van der Waals surface area contributed by atoms with Gasteiger partial charge < -0.3 is 5.32 Å². The summed E-state index contributed by atoms with van der Waals surface area (Å²) in [6, 6.07) is 0. The Hall–Kier alpha value is -0.180. The van der Waals surface area contributed by atoms with Gasteiger partial charge in [0.05, 0.1) is 0 Å². The SMILES string of the molecule is CCCCCCCCCCCCNC(=O)CCCSC. The molecular weight excluding hydrogens is 266 g/mol. The maximum absolute atomic E-state index is 11.5. The van der Waals surface area contributed by atoms with Crippen LogP contribution in [0.4, 0.5) is 0 Å². The largest absolute Gasteiger partial charge is 0.356 e. The molecule has 0 radical (unpaired) electrons. The van der Waals surface area contributed by atoms with Crippen LogP contribution in [0, 0.1) is 0 Å². The first-order valence-electron chi connectivity index (χ1n) is 8.57. The van der Waals surface area contributed by atoms with Crippen LogP contribution in [0.1, 0.15) is 84.0 Å². The van der Waals surface area contributed by atoms with Gasteiger partial charge in [-0.2, -0.15) is 11.8 Å². The minimum atomic E-state index is 0.231. The van der Waals surface area contributed by atoms with Crippen LogP contribution in [-0.2, 0) is 4.79 Å². The van der Waals surface area contributed by atoms with E-state index in [4.69, 9.17) is 0 Å². The second kappa shape index (κ2) is 16.9. The Kier molecular flexibility index (Phi) is 16.7. The molecule has 0 unspecified atom stereocenters. The Labute approximate surface area is 130 Å². The third kappa shape index (κ3) is 15.9. The minimum Gasteiger partial charge on any atom is -0.356 e. The van der Waals surface area contributed by atoms with Gasteiger partial charge in [0.15, 0.2) is 0 Å². The molecule has 0 aromatic rings. The fraction of sp³-hybridized carbons (Fsp3) is 0.941. The maximum atomic E-state index is 11.5. The van der Waals surface area contributed by atoms with Crippen molar-refractivity contribution < 1.29 is 4.79 Å². The highest BCUT2D eigenvalue weighted by molar-refractivity contribution is 7.98. The van der Waals surface area contributed by atoms with Crippen molar-refractivity contribution in [2.45, 2.75) is 84.0 Å². The van der Waals surface area contributed by atoms with Gasteiger partial charge in [0.25, 0.3) is 0 Å². The van der Waals surface area contributed by atoms with Crippen molar-refractivity contribution in [1.29, 1.82) is 0 Å². The van der Waals surface area contributed by atoms with Gasteiger partial charge in [-0.1, -0.05) is 64.7 Å². The third-order valence-corrected chi connectivity index (χ3v) is 4.30. The molecule has 0 aliphatic carbocycles. The molecule has 0 aromatic heterocycles. The summed E-state index contributed by atoms with van der Waals surface area (Å²) >= 11 is 1.81. The van der Waals surface area contributed by atoms with Gasteiger partial charge in [0.1, 0.15) is 0 Å². The van der Waals surface area contributed by atoms with E-state index in [-0.39, 0.29) is 5.91 Å². The van der Waals surface area contributed by atoms with Crippen molar-refractivity contribution in [2.75, 3.05) is 18.6 Å². The number of carbonyl (C=O) groups is 1. The zero-order valence-electron chi connectivity index (χ0n) is 13.7. The van der Waals surface area contributed by atoms with E-state index in [1.807, 2.05) is 11.8 Å². The number of rotatable bonds is 15. The summed E-state index contributed by atoms with van der Waals surface area (Å²) in [5, 5.41) is 3.02. The molecule has 0 aliphatic rings. The summed E-state index contributed by atoms with van der Waals surface area (Å²) < 4.78 is 0. The molecule has 0 spiro atoms. The van der Waals surface area contributed by atoms with Crippen molar-refractivity contribution in [1.82, 2.24) is 5.32 Å². The quantitative estimate of drug-likeness (QED) is 0.423. The smallest absolute Gasteiger partial charge is 0.220 e. The van der Waals surface area contributed by atoms with E-state index in [1.165, 1.54) is 57.8 Å². The van der Waals surface area contributed by atoms with Crippen LogP contribution < -0.4 is 5.32 Å². The van der Waals surface area contributed by atoms with Gasteiger partial charge >= 0.3 is 0 Å². The first-order valence-corrected chi connectivity index (χ1v) is 9.96. The standard InChI is InChI=1S/C17H35NOS/c1-3-4-5-6-7-8-9-10-11-12-15-18-17(19)14-13-16-20-2/h3-16H2,1-2H3,(H,18,19). The molecule has 120 valence electrons. The molecule has 0 atom stereocenters. The number of carbonyl (C=O) groups excluding carboxylic acids is 1. The van der Waals surface area contributed by atoms with E-state index in [0.717, 1.165) is 25.1 Å². The molecule has 0 rings (SSSR count). The van der Waals surface area contributed by atoms with Crippen LogP contribution in [0.2, 0.25) is 0 Å². The average molecular weight is 302 g/mol. The Morgan fingerprint density at radius 3 is 1.95 bits per heavy atom. The summed E-state index contributed by atoms with van der Waals surface area (Å²) in [5.41, 5.74) is 0. The third-order valence-electron chi connectivity index (χ3n) is 3.60. The first kappa shape index (κ1) is 19.8. The van der Waals surface area contributed by atoms with E-state index in [1.54, 1.807) is 0 Å². The molecule has 20 heavy (non-hydrogen) atoms. The molecule has 0 fully saturated rings. The van der Waals surface area contributed by atoms with Crippen LogP contribution >= 0.6 is 11.8 Å². The normalized spacial score (nSPS) is 10.7. The molecule has 0 aliphatic heterocycles. The number of thioether (sulfide) groups is 1. The van der Waals surface area contributed by atoms with Crippen LogP contribution in [-0.4, -0.2) is 24.5 Å². The molecular formula is C17H35NOS. The lowest BCUT2D eigenvalue weighted by atomic mass is 10.1. The fourth-order valence-electron chi connectivity index (χ4n) is 2.31. The summed E-state index contributed by atoms with van der Waals surface area (Å²) in [7, 11) is 0. The second-order valence-electron chi connectivity index (χ2n) is 5.63. The Balaban J connectivity index is 3.07. The van der Waals surface area contributed by atoms with Crippen LogP contribution in [0.5, 0.6) is 0 Å². The van der Waals surface area contributed by atoms with Crippen LogP contribution in [0.15, 0.2) is 0 Å². The van der Waals surface area contributed by atoms with Gasteiger partial charge in [0, 0.05) is 13.0 Å². The van der Waals surface area contributed by atoms with E-state index in [9.17, 15) is 4.79 Å². The van der Waals surface area contributed by atoms with Crippen molar-refractivity contribution in [2.24, 2.45) is 0 Å². The lowest BCUT2D eigenvalue weighted by molar-refractivity contribution is -0.121. The Morgan fingerprint density at radius 1 is 0.850 bits per heavy atom. The van der Waals surface area contributed by atoms with E-state index < -0.39 is 0 Å². The first-order chi connectivity index (χ1) is 9.81. The number of hydrogen-bond acceptors (Lipinski definition) is 2. The highest BCUT2D eigenvalue weighted by Gasteiger charge is 1.99. The molecule has 1 amide bonds. The lowest BCUT2D eigenvalue weighted by Gasteiger charge is -2.05. The second-order valence-corrected chi connectivity index (χ2v) is 6.61. The van der Waals surface area contributed by atoms with Gasteiger partial charge in [0.2, 0.25) is 5.91 Å². The Morgan fingerprint density at radius 2 is 1.40 bits per heavy atom. The van der Waals surface area contributed by atoms with Crippen LogP contribution in [0.25, 0.3) is 0 Å². The summed E-state index contributed by atoms with van der Waals surface area (Å²) in [6.07, 6.45) is 17.3. The van der Waals surface area contributed by atoms with Gasteiger partial charge in [-0.15, -0.1) is 0 Å². The summed E-state index contributed by atoms with van der Waals surface area (Å²) in [6.45, 7) is 3.14. The molecule has 1 N–H and O–H groups in total. The van der Waals surface area contributed by atoms with E-state index in [0.29, 0.717) is 6.42 Å². The molecule has 0 saturated carbocycles. The molecule has 0 bridgehead atoms. The zero-order valence-corrected chi connectivity index (χ0v) is 14.5. The number of unbranched alkanes of at least 4 members (excludes halogenated alkanes) is 9. The predicted octanol–water partition coefficient (Wildman–Crippen LogP) is 5.17. The van der Waals surface area contributed by atoms with Gasteiger partial charge in [-0.05, 0) is 24.9 Å². The highest BCUT2D eigenvalue weighted by atomic mass is 32.2. The molecule has 0 heterocycles. The molecule has 0 saturated heterocycles. The van der Waals surface area contributed by atoms with E-state index in [2.05, 4.69) is 18.5 Å². The maximum Gasteiger partial charge on any atom is 0.220 e. The number of nitrogens with one attached hydrogen (secondary N) is 1. The van der Waals surface area contributed by atoms with Crippen molar-refractivity contribution in [3.63, 3.8) is 0 Å². The molecule has 2 nitrogen and oxygen atoms in total. The zero-order chi connectivity index (χ0) is 14.9. The summed E-state index contributed by atoms with van der Waals surface area (Å²) in [4.78, 5) is 11.5. The molecule has 3 heteroatoms. The number of hydrogen-bond donors (Lipinski definition) is 1. The van der Waals surface area contributed by atoms with Crippen LogP contribution in [0.3, 0.4) is 0 Å². The topological polar surface area (TPSA) is 29.1 Å². The van der Waals surface area contributed by atoms with Gasteiger partial charge in [-0.3, -0.25) is 4.79 Å². The minimum absolute atomic E-state index is 0.231. The molecule has 0 aromatic carbocycles. The summed E-state index contributed by atoms with van der Waals surface area (Å²) in [5.74, 6) is 1.32. The average Bonchev–Trinajstić information content (AvgIpc) is 2.45. The predicted molar refractivity (Wildman–Crippen MR) is 92.5 cm³/mol. The van der Waals surface area contributed by atoms with Crippen molar-refractivity contribution in [3.05, 3.63) is 0 Å². The fourth-order valence-corrected chi connectivity index (χ4v) is 2.74.